The fourth-order valence-electron chi connectivity index (χ4n) is 2.06. The Morgan fingerprint density at radius 1 is 1.19 bits per heavy atom. The van der Waals surface area contributed by atoms with Gasteiger partial charge >= 0.3 is 0 Å². The van der Waals surface area contributed by atoms with E-state index in [0.29, 0.717) is 12.3 Å². The van der Waals surface area contributed by atoms with Gasteiger partial charge in [-0.15, -0.1) is 0 Å². The molecule has 2 rings (SSSR count). The first-order valence-corrected chi connectivity index (χ1v) is 6.66. The third kappa shape index (κ3) is 3.51. The third-order valence-electron chi connectivity index (χ3n) is 3.26. The molecule has 0 heterocycles. The standard InChI is InChI=1S/C16H18N2O3/c1-11-4-5-12(2)16(8-11)21-10-13-6-7-15(18(19)20)14(9-13)17-3/h4-9,17H,10H2,1-3H3. The summed E-state index contributed by atoms with van der Waals surface area (Å²) in [5, 5.41) is 13.7. The van der Waals surface area contributed by atoms with Gasteiger partial charge in [-0.25, -0.2) is 0 Å². The number of anilines is 1. The zero-order valence-electron chi connectivity index (χ0n) is 12.3. The summed E-state index contributed by atoms with van der Waals surface area (Å²) in [6.07, 6.45) is 0. The van der Waals surface area contributed by atoms with E-state index in [1.807, 2.05) is 32.0 Å². The van der Waals surface area contributed by atoms with Crippen LogP contribution < -0.4 is 10.1 Å². The van der Waals surface area contributed by atoms with Crippen LogP contribution in [0.1, 0.15) is 16.7 Å². The van der Waals surface area contributed by atoms with Crippen molar-refractivity contribution in [1.29, 1.82) is 0 Å². The van der Waals surface area contributed by atoms with Crippen molar-refractivity contribution < 1.29 is 9.66 Å². The molecule has 0 bridgehead atoms. The summed E-state index contributed by atoms with van der Waals surface area (Å²) in [5.74, 6) is 0.833. The smallest absolute Gasteiger partial charge is 0.292 e. The van der Waals surface area contributed by atoms with Crippen molar-refractivity contribution in [3.8, 4) is 5.75 Å². The Kier molecular flexibility index (Phi) is 4.42. The Bertz CT molecular complexity index is 669. The van der Waals surface area contributed by atoms with Gasteiger partial charge in [-0.05, 0) is 48.7 Å². The van der Waals surface area contributed by atoms with Gasteiger partial charge in [0.2, 0.25) is 0 Å². The number of ether oxygens (including phenoxy) is 1. The molecule has 0 atom stereocenters. The largest absolute Gasteiger partial charge is 0.489 e. The number of nitrogens with zero attached hydrogens (tertiary/aromatic N) is 1. The fraction of sp³-hybridized carbons (Fsp3) is 0.250. The minimum absolute atomic E-state index is 0.0630. The molecule has 0 aliphatic rings. The van der Waals surface area contributed by atoms with Crippen LogP contribution in [0.15, 0.2) is 36.4 Å². The summed E-state index contributed by atoms with van der Waals surface area (Å²) in [5.41, 5.74) is 3.63. The maximum atomic E-state index is 10.9. The van der Waals surface area contributed by atoms with Crippen LogP contribution in [-0.2, 0) is 6.61 Å². The molecule has 2 aromatic rings. The van der Waals surface area contributed by atoms with E-state index in [2.05, 4.69) is 5.32 Å². The number of nitrogens with one attached hydrogen (secondary N) is 1. The topological polar surface area (TPSA) is 64.4 Å². The lowest BCUT2D eigenvalue weighted by atomic mass is 10.1. The van der Waals surface area contributed by atoms with Gasteiger partial charge in [-0.3, -0.25) is 10.1 Å². The lowest BCUT2D eigenvalue weighted by Gasteiger charge is -2.11. The van der Waals surface area contributed by atoms with Crippen LogP contribution in [0.3, 0.4) is 0 Å². The predicted octanol–water partition coefficient (Wildman–Crippen LogP) is 3.83. The zero-order chi connectivity index (χ0) is 15.4. The minimum Gasteiger partial charge on any atom is -0.489 e. The first kappa shape index (κ1) is 14.8. The molecule has 0 fully saturated rings. The van der Waals surface area contributed by atoms with Gasteiger partial charge in [0, 0.05) is 13.1 Å². The second-order valence-electron chi connectivity index (χ2n) is 4.92. The van der Waals surface area contributed by atoms with Gasteiger partial charge in [-0.1, -0.05) is 12.1 Å². The molecule has 0 spiro atoms. The van der Waals surface area contributed by atoms with Crippen LogP contribution in [0, 0.1) is 24.0 Å². The zero-order valence-corrected chi connectivity index (χ0v) is 12.3. The van der Waals surface area contributed by atoms with E-state index in [-0.39, 0.29) is 5.69 Å². The van der Waals surface area contributed by atoms with Crippen molar-refractivity contribution in [2.45, 2.75) is 20.5 Å². The van der Waals surface area contributed by atoms with Gasteiger partial charge < -0.3 is 10.1 Å². The van der Waals surface area contributed by atoms with Gasteiger partial charge in [0.25, 0.3) is 5.69 Å². The molecule has 0 unspecified atom stereocenters. The molecule has 0 aromatic heterocycles. The summed E-state index contributed by atoms with van der Waals surface area (Å²) in [4.78, 5) is 10.5. The van der Waals surface area contributed by atoms with E-state index in [0.717, 1.165) is 22.4 Å². The molecule has 110 valence electrons. The molecule has 2 aromatic carbocycles. The lowest BCUT2D eigenvalue weighted by molar-refractivity contribution is -0.384. The van der Waals surface area contributed by atoms with Crippen molar-refractivity contribution in [3.05, 3.63) is 63.2 Å². The second-order valence-corrected chi connectivity index (χ2v) is 4.92. The molecule has 0 saturated heterocycles. The maximum absolute atomic E-state index is 10.9. The van der Waals surface area contributed by atoms with Crippen molar-refractivity contribution in [3.63, 3.8) is 0 Å². The summed E-state index contributed by atoms with van der Waals surface area (Å²) in [7, 11) is 1.66. The Balaban J connectivity index is 2.17. The Morgan fingerprint density at radius 2 is 1.95 bits per heavy atom. The van der Waals surface area contributed by atoms with E-state index in [1.54, 1.807) is 19.2 Å². The first-order valence-electron chi connectivity index (χ1n) is 6.66. The van der Waals surface area contributed by atoms with Crippen LogP contribution in [0.4, 0.5) is 11.4 Å². The predicted molar refractivity (Wildman–Crippen MR) is 82.9 cm³/mol. The van der Waals surface area contributed by atoms with Crippen LogP contribution >= 0.6 is 0 Å². The van der Waals surface area contributed by atoms with E-state index in [4.69, 9.17) is 4.74 Å². The van der Waals surface area contributed by atoms with Gasteiger partial charge in [0.05, 0.1) is 4.92 Å². The summed E-state index contributed by atoms with van der Waals surface area (Å²) in [6.45, 7) is 4.37. The number of rotatable bonds is 5. The Morgan fingerprint density at radius 3 is 2.62 bits per heavy atom. The molecule has 0 amide bonds. The highest BCUT2D eigenvalue weighted by molar-refractivity contribution is 5.62. The Hall–Kier alpha value is -2.56. The summed E-state index contributed by atoms with van der Waals surface area (Å²) < 4.78 is 5.81. The fourth-order valence-corrected chi connectivity index (χ4v) is 2.06. The minimum atomic E-state index is -0.402. The molecule has 21 heavy (non-hydrogen) atoms. The number of aryl methyl sites for hydroxylation is 2. The van der Waals surface area contributed by atoms with E-state index < -0.39 is 4.92 Å². The van der Waals surface area contributed by atoms with Gasteiger partial charge in [0.15, 0.2) is 0 Å². The molecule has 1 N–H and O–H groups in total. The first-order chi connectivity index (χ1) is 10.0. The van der Waals surface area contributed by atoms with Crippen LogP contribution in [0.2, 0.25) is 0 Å². The van der Waals surface area contributed by atoms with Crippen LogP contribution in [0.5, 0.6) is 5.75 Å². The van der Waals surface area contributed by atoms with E-state index >= 15 is 0 Å². The van der Waals surface area contributed by atoms with Crippen molar-refractivity contribution in [1.82, 2.24) is 0 Å². The maximum Gasteiger partial charge on any atom is 0.292 e. The quantitative estimate of drug-likeness (QED) is 0.670. The van der Waals surface area contributed by atoms with Gasteiger partial charge in [-0.2, -0.15) is 0 Å². The van der Waals surface area contributed by atoms with E-state index in [9.17, 15) is 10.1 Å². The Labute approximate surface area is 123 Å². The van der Waals surface area contributed by atoms with Crippen molar-refractivity contribution in [2.75, 3.05) is 12.4 Å². The monoisotopic (exact) mass is 286 g/mol. The molecule has 0 saturated carbocycles. The molecular weight excluding hydrogens is 268 g/mol. The number of nitro groups is 1. The number of benzene rings is 2. The molecule has 0 aliphatic heterocycles. The third-order valence-corrected chi connectivity index (χ3v) is 3.26. The normalized spacial score (nSPS) is 10.2. The number of nitro benzene ring substituents is 1. The van der Waals surface area contributed by atoms with Crippen LogP contribution in [0.25, 0.3) is 0 Å². The van der Waals surface area contributed by atoms with Crippen LogP contribution in [-0.4, -0.2) is 12.0 Å². The van der Waals surface area contributed by atoms with Crippen molar-refractivity contribution in [2.24, 2.45) is 0 Å². The molecule has 5 heteroatoms. The van der Waals surface area contributed by atoms with Gasteiger partial charge in [0.1, 0.15) is 18.0 Å². The highest BCUT2D eigenvalue weighted by Gasteiger charge is 2.13. The van der Waals surface area contributed by atoms with E-state index in [1.165, 1.54) is 6.07 Å². The molecule has 0 radical (unpaired) electrons. The summed E-state index contributed by atoms with van der Waals surface area (Å²) in [6, 6.07) is 11.0. The molecular formula is C16H18N2O3. The average molecular weight is 286 g/mol. The molecule has 5 nitrogen and oxygen atoms in total. The number of hydrogen-bond acceptors (Lipinski definition) is 4. The summed E-state index contributed by atoms with van der Waals surface area (Å²) >= 11 is 0. The number of hydrogen-bond donors (Lipinski definition) is 1. The highest BCUT2D eigenvalue weighted by atomic mass is 16.6. The molecule has 0 aliphatic carbocycles. The second kappa shape index (κ2) is 6.26. The SMILES string of the molecule is CNc1cc(COc2cc(C)ccc2C)ccc1[N+](=O)[O-]. The highest BCUT2D eigenvalue weighted by Crippen LogP contribution is 2.26. The average Bonchev–Trinajstić information content (AvgIpc) is 2.47. The van der Waals surface area contributed by atoms with Crippen molar-refractivity contribution >= 4 is 11.4 Å². The lowest BCUT2D eigenvalue weighted by Crippen LogP contribution is -2.01.